The van der Waals surface area contributed by atoms with Crippen LogP contribution in [0.25, 0.3) is 0 Å². The highest BCUT2D eigenvalue weighted by Gasteiger charge is 2.17. The summed E-state index contributed by atoms with van der Waals surface area (Å²) in [5.41, 5.74) is 8.76. The second-order valence-corrected chi connectivity index (χ2v) is 4.93. The number of hydrogen-bond acceptors (Lipinski definition) is 4. The Hall–Kier alpha value is -1.50. The lowest BCUT2D eigenvalue weighted by molar-refractivity contribution is 0.368. The van der Waals surface area contributed by atoms with E-state index < -0.39 is 0 Å². The average molecular weight is 314 g/mol. The van der Waals surface area contributed by atoms with Crippen molar-refractivity contribution in [2.24, 2.45) is 7.05 Å². The van der Waals surface area contributed by atoms with E-state index in [1.807, 2.05) is 20.9 Å². The van der Waals surface area contributed by atoms with Crippen molar-refractivity contribution in [2.45, 2.75) is 20.4 Å². The number of anilines is 1. The van der Waals surface area contributed by atoms with Gasteiger partial charge in [0.15, 0.2) is 0 Å². The molecule has 6 nitrogen and oxygen atoms in total. The second kappa shape index (κ2) is 4.64. The van der Waals surface area contributed by atoms with Crippen LogP contribution in [0.3, 0.4) is 0 Å². The third-order valence-corrected chi connectivity index (χ3v) is 3.86. The van der Waals surface area contributed by atoms with Crippen molar-refractivity contribution in [3.8, 4) is 5.88 Å². The summed E-state index contributed by atoms with van der Waals surface area (Å²) in [5.74, 6) is 1.34. The molecular weight excluding hydrogens is 298 g/mol. The first kappa shape index (κ1) is 12.9. The molecule has 0 fully saturated rings. The van der Waals surface area contributed by atoms with Crippen LogP contribution in [0.4, 0.5) is 5.82 Å². The van der Waals surface area contributed by atoms with Gasteiger partial charge in [0.1, 0.15) is 5.82 Å². The van der Waals surface area contributed by atoms with Crippen LogP contribution in [-0.2, 0) is 13.6 Å². The summed E-state index contributed by atoms with van der Waals surface area (Å²) < 4.78 is 9.65. The number of aryl methyl sites for hydroxylation is 3. The quantitative estimate of drug-likeness (QED) is 0.935. The van der Waals surface area contributed by atoms with E-state index in [9.17, 15) is 0 Å². The Morgan fingerprint density at radius 3 is 2.44 bits per heavy atom. The monoisotopic (exact) mass is 313 g/mol. The summed E-state index contributed by atoms with van der Waals surface area (Å²) in [6, 6.07) is 0. The minimum Gasteiger partial charge on any atom is -0.481 e. The number of ether oxygens (including phenoxy) is 1. The van der Waals surface area contributed by atoms with Crippen molar-refractivity contribution in [3.05, 3.63) is 21.4 Å². The normalized spacial score (nSPS) is 10.9. The van der Waals surface area contributed by atoms with Gasteiger partial charge in [-0.05, 0) is 29.8 Å². The van der Waals surface area contributed by atoms with Crippen LogP contribution in [0.5, 0.6) is 5.88 Å². The molecule has 0 spiro atoms. The maximum absolute atomic E-state index is 5.99. The van der Waals surface area contributed by atoms with Crippen molar-refractivity contribution in [1.29, 1.82) is 0 Å². The van der Waals surface area contributed by atoms with Gasteiger partial charge in [0.05, 0.1) is 35.1 Å². The maximum Gasteiger partial charge on any atom is 0.216 e. The fraction of sp³-hybridized carbons (Fsp3) is 0.455. The van der Waals surface area contributed by atoms with Gasteiger partial charge in [0.2, 0.25) is 5.88 Å². The van der Waals surface area contributed by atoms with Gasteiger partial charge in [-0.3, -0.25) is 0 Å². The van der Waals surface area contributed by atoms with E-state index in [1.54, 1.807) is 16.5 Å². The molecule has 2 aromatic heterocycles. The van der Waals surface area contributed by atoms with Crippen molar-refractivity contribution in [1.82, 2.24) is 19.6 Å². The molecule has 98 valence electrons. The lowest BCUT2D eigenvalue weighted by atomic mass is 10.2. The summed E-state index contributed by atoms with van der Waals surface area (Å²) >= 11 is 3.41. The number of nitrogens with two attached hydrogens (primary N) is 1. The number of nitrogens with zero attached hydrogens (tertiary/aromatic N) is 4. The van der Waals surface area contributed by atoms with E-state index in [2.05, 4.69) is 26.1 Å². The molecule has 2 heterocycles. The van der Waals surface area contributed by atoms with Crippen molar-refractivity contribution in [3.63, 3.8) is 0 Å². The Morgan fingerprint density at radius 2 is 1.94 bits per heavy atom. The van der Waals surface area contributed by atoms with Crippen molar-refractivity contribution < 1.29 is 4.74 Å². The summed E-state index contributed by atoms with van der Waals surface area (Å²) in [4.78, 5) is 0. The Bertz CT molecular complexity index is 587. The van der Waals surface area contributed by atoms with Crippen LogP contribution < -0.4 is 10.5 Å². The highest BCUT2D eigenvalue weighted by atomic mass is 79.9. The van der Waals surface area contributed by atoms with Gasteiger partial charge < -0.3 is 10.5 Å². The molecule has 2 aromatic rings. The number of rotatable bonds is 3. The largest absolute Gasteiger partial charge is 0.481 e. The van der Waals surface area contributed by atoms with Crippen LogP contribution >= 0.6 is 15.9 Å². The molecule has 0 aliphatic rings. The van der Waals surface area contributed by atoms with Gasteiger partial charge in [-0.2, -0.15) is 10.2 Å². The van der Waals surface area contributed by atoms with Crippen molar-refractivity contribution in [2.75, 3.05) is 12.8 Å². The molecular formula is C11H16BrN5O. The standard InChI is InChI=1S/C11H16BrN5O/c1-6-8(11(18-4)16(3)14-6)5-17-10(13)9(12)7(2)15-17/h5,13H2,1-4H3. The molecule has 0 aliphatic carbocycles. The topological polar surface area (TPSA) is 70.9 Å². The van der Waals surface area contributed by atoms with Crippen LogP contribution in [-0.4, -0.2) is 26.7 Å². The summed E-state index contributed by atoms with van der Waals surface area (Å²) in [5, 5.41) is 8.72. The predicted molar refractivity (Wildman–Crippen MR) is 72.7 cm³/mol. The number of aromatic nitrogens is 4. The van der Waals surface area contributed by atoms with E-state index in [-0.39, 0.29) is 0 Å². The third kappa shape index (κ3) is 1.98. The molecule has 0 aliphatic heterocycles. The summed E-state index contributed by atoms with van der Waals surface area (Å²) in [6.07, 6.45) is 0. The molecule has 2 rings (SSSR count). The molecule has 0 saturated carbocycles. The minimum atomic E-state index is 0.543. The molecule has 0 unspecified atom stereocenters. The molecule has 7 heteroatoms. The minimum absolute atomic E-state index is 0.543. The Balaban J connectivity index is 2.42. The lowest BCUT2D eigenvalue weighted by Gasteiger charge is -2.06. The fourth-order valence-corrected chi connectivity index (χ4v) is 2.25. The zero-order valence-corrected chi connectivity index (χ0v) is 12.4. The first-order valence-electron chi connectivity index (χ1n) is 5.50. The average Bonchev–Trinajstić information content (AvgIpc) is 2.72. The number of hydrogen-bond donors (Lipinski definition) is 1. The van der Waals surface area contributed by atoms with Crippen molar-refractivity contribution >= 4 is 21.7 Å². The molecule has 18 heavy (non-hydrogen) atoms. The van der Waals surface area contributed by atoms with Crippen LogP contribution in [0, 0.1) is 13.8 Å². The number of methoxy groups -OCH3 is 1. The molecule has 0 saturated heterocycles. The molecule has 2 N–H and O–H groups in total. The second-order valence-electron chi connectivity index (χ2n) is 4.14. The fourth-order valence-electron chi connectivity index (χ4n) is 1.97. The molecule has 0 amide bonds. The van der Waals surface area contributed by atoms with Crippen LogP contribution in [0.1, 0.15) is 17.0 Å². The number of nitrogen functional groups attached to an aromatic ring is 1. The van der Waals surface area contributed by atoms with Crippen LogP contribution in [0.2, 0.25) is 0 Å². The van der Waals surface area contributed by atoms with Gasteiger partial charge >= 0.3 is 0 Å². The highest BCUT2D eigenvalue weighted by Crippen LogP contribution is 2.27. The van der Waals surface area contributed by atoms with Gasteiger partial charge in [-0.1, -0.05) is 0 Å². The zero-order valence-electron chi connectivity index (χ0n) is 10.9. The first-order chi connectivity index (χ1) is 8.45. The van der Waals surface area contributed by atoms with Gasteiger partial charge in [0.25, 0.3) is 0 Å². The van der Waals surface area contributed by atoms with E-state index in [1.165, 1.54) is 0 Å². The number of halogens is 1. The molecule has 0 aromatic carbocycles. The first-order valence-corrected chi connectivity index (χ1v) is 6.29. The molecule has 0 atom stereocenters. The Labute approximate surface area is 114 Å². The predicted octanol–water partition coefficient (Wildman–Crippen LogP) is 1.64. The molecule has 0 bridgehead atoms. The van der Waals surface area contributed by atoms with E-state index in [0.717, 1.165) is 27.3 Å². The third-order valence-electron chi connectivity index (χ3n) is 2.88. The maximum atomic E-state index is 5.99. The zero-order chi connectivity index (χ0) is 13.4. The van der Waals surface area contributed by atoms with E-state index in [0.29, 0.717) is 12.4 Å². The van der Waals surface area contributed by atoms with Crippen LogP contribution in [0.15, 0.2) is 4.47 Å². The Morgan fingerprint density at radius 1 is 1.28 bits per heavy atom. The highest BCUT2D eigenvalue weighted by molar-refractivity contribution is 9.10. The van der Waals surface area contributed by atoms with Gasteiger partial charge in [-0.15, -0.1) is 0 Å². The smallest absolute Gasteiger partial charge is 0.216 e. The van der Waals surface area contributed by atoms with Gasteiger partial charge in [-0.25, -0.2) is 9.36 Å². The molecule has 0 radical (unpaired) electrons. The van der Waals surface area contributed by atoms with E-state index >= 15 is 0 Å². The Kier molecular flexibility index (Phi) is 3.34. The summed E-state index contributed by atoms with van der Waals surface area (Å²) in [7, 11) is 3.48. The SMILES string of the molecule is COc1c(Cn2nc(C)c(Br)c2N)c(C)nn1C. The lowest BCUT2D eigenvalue weighted by Crippen LogP contribution is -2.07. The van der Waals surface area contributed by atoms with Gasteiger partial charge in [0, 0.05) is 7.05 Å². The van der Waals surface area contributed by atoms with E-state index in [4.69, 9.17) is 10.5 Å². The summed E-state index contributed by atoms with van der Waals surface area (Å²) in [6.45, 7) is 4.39.